The second-order valence-electron chi connectivity index (χ2n) is 3.46. The average Bonchev–Trinajstić information content (AvgIpc) is 2.64. The molecule has 0 fully saturated rings. The zero-order valence-corrected chi connectivity index (χ0v) is 10.1. The zero-order valence-electron chi connectivity index (χ0n) is 8.44. The number of nitrogens with zero attached hydrogens (tertiary/aromatic N) is 2. The number of rotatable bonds is 2. The fourth-order valence-corrected chi connectivity index (χ4v) is 2.94. The minimum atomic E-state index is 0.511. The lowest BCUT2D eigenvalue weighted by Crippen LogP contribution is -1.89. The van der Waals surface area contributed by atoms with Crippen LogP contribution < -0.4 is 0 Å². The molecule has 0 saturated heterocycles. The Morgan fingerprint density at radius 2 is 2.14 bits per heavy atom. The largest absolute Gasteiger partial charge is 0.138 e. The summed E-state index contributed by atoms with van der Waals surface area (Å²) in [5, 5.41) is 4.20. The summed E-state index contributed by atoms with van der Waals surface area (Å²) in [6.45, 7) is 4.37. The molecule has 1 aromatic heterocycles. The molecule has 2 nitrogen and oxygen atoms in total. The number of benzene rings is 1. The minimum Gasteiger partial charge on any atom is -0.138 e. The standard InChI is InChI=1S/C10H12N2S2/c1-6(2)7-4-5-8(13-3)10-9(7)11-12-14-10/h4-6H,1-3H3. The first-order valence-electron chi connectivity index (χ1n) is 4.53. The van der Waals surface area contributed by atoms with Crippen molar-refractivity contribution in [2.75, 3.05) is 6.26 Å². The van der Waals surface area contributed by atoms with Gasteiger partial charge in [0, 0.05) is 4.90 Å². The molecule has 0 aliphatic rings. The molecule has 0 spiro atoms. The van der Waals surface area contributed by atoms with Gasteiger partial charge in [-0.3, -0.25) is 0 Å². The van der Waals surface area contributed by atoms with Crippen molar-refractivity contribution in [1.82, 2.24) is 9.59 Å². The molecule has 2 aromatic rings. The van der Waals surface area contributed by atoms with Crippen molar-refractivity contribution < 1.29 is 0 Å². The molecule has 14 heavy (non-hydrogen) atoms. The lowest BCUT2D eigenvalue weighted by atomic mass is 10.0. The summed E-state index contributed by atoms with van der Waals surface area (Å²) in [5.41, 5.74) is 2.38. The molecule has 0 saturated carbocycles. The molecule has 0 N–H and O–H groups in total. The Morgan fingerprint density at radius 3 is 2.79 bits per heavy atom. The van der Waals surface area contributed by atoms with Gasteiger partial charge in [-0.05, 0) is 35.3 Å². The van der Waals surface area contributed by atoms with Gasteiger partial charge in [0.05, 0.1) is 4.70 Å². The van der Waals surface area contributed by atoms with Gasteiger partial charge in [0.25, 0.3) is 0 Å². The fraction of sp³-hybridized carbons (Fsp3) is 0.400. The summed E-state index contributed by atoms with van der Waals surface area (Å²) < 4.78 is 5.26. The van der Waals surface area contributed by atoms with Crippen molar-refractivity contribution in [2.45, 2.75) is 24.7 Å². The normalized spacial score (nSPS) is 11.4. The number of thioether (sulfide) groups is 1. The summed E-state index contributed by atoms with van der Waals surface area (Å²) >= 11 is 3.24. The third-order valence-corrected chi connectivity index (χ3v) is 3.91. The van der Waals surface area contributed by atoms with Crippen LogP contribution in [0.2, 0.25) is 0 Å². The van der Waals surface area contributed by atoms with Crippen LogP contribution in [0.5, 0.6) is 0 Å². The minimum absolute atomic E-state index is 0.511. The highest BCUT2D eigenvalue weighted by molar-refractivity contribution is 7.99. The Bertz CT molecular complexity index is 448. The smallest absolute Gasteiger partial charge is 0.110 e. The molecule has 1 heterocycles. The van der Waals surface area contributed by atoms with Gasteiger partial charge in [-0.15, -0.1) is 16.9 Å². The number of aromatic nitrogens is 2. The lowest BCUT2D eigenvalue weighted by Gasteiger charge is -2.06. The maximum Gasteiger partial charge on any atom is 0.110 e. The van der Waals surface area contributed by atoms with E-state index in [0.29, 0.717) is 5.92 Å². The third-order valence-electron chi connectivity index (χ3n) is 2.24. The predicted octanol–water partition coefficient (Wildman–Crippen LogP) is 3.54. The molecule has 0 atom stereocenters. The number of fused-ring (bicyclic) bond motifs is 1. The van der Waals surface area contributed by atoms with E-state index >= 15 is 0 Å². The molecule has 74 valence electrons. The van der Waals surface area contributed by atoms with E-state index in [2.05, 4.69) is 41.8 Å². The van der Waals surface area contributed by atoms with E-state index in [1.165, 1.54) is 26.7 Å². The molecule has 0 aliphatic heterocycles. The highest BCUT2D eigenvalue weighted by Crippen LogP contribution is 2.32. The zero-order chi connectivity index (χ0) is 10.1. The van der Waals surface area contributed by atoms with Gasteiger partial charge in [-0.2, -0.15) is 0 Å². The van der Waals surface area contributed by atoms with Gasteiger partial charge in [0.1, 0.15) is 5.52 Å². The molecule has 4 heteroatoms. The van der Waals surface area contributed by atoms with E-state index in [4.69, 9.17) is 0 Å². The second kappa shape index (κ2) is 3.87. The first-order chi connectivity index (χ1) is 6.74. The van der Waals surface area contributed by atoms with E-state index < -0.39 is 0 Å². The SMILES string of the molecule is CSc1ccc(C(C)C)c2nnsc12. The third kappa shape index (κ3) is 1.53. The van der Waals surface area contributed by atoms with Crippen LogP contribution in [0.4, 0.5) is 0 Å². The predicted molar refractivity (Wildman–Crippen MR) is 63.3 cm³/mol. The summed E-state index contributed by atoms with van der Waals surface area (Å²) in [6.07, 6.45) is 2.09. The lowest BCUT2D eigenvalue weighted by molar-refractivity contribution is 0.870. The maximum absolute atomic E-state index is 4.20. The van der Waals surface area contributed by atoms with Crippen molar-refractivity contribution in [3.8, 4) is 0 Å². The van der Waals surface area contributed by atoms with Crippen LogP contribution in [0.25, 0.3) is 10.2 Å². The highest BCUT2D eigenvalue weighted by atomic mass is 32.2. The van der Waals surface area contributed by atoms with Crippen molar-refractivity contribution >= 4 is 33.5 Å². The van der Waals surface area contributed by atoms with Gasteiger partial charge in [0.2, 0.25) is 0 Å². The molecule has 0 unspecified atom stereocenters. The van der Waals surface area contributed by atoms with Crippen molar-refractivity contribution in [3.05, 3.63) is 17.7 Å². The van der Waals surface area contributed by atoms with Crippen LogP contribution in [0.3, 0.4) is 0 Å². The molecule has 0 aliphatic carbocycles. The van der Waals surface area contributed by atoms with Crippen molar-refractivity contribution in [3.63, 3.8) is 0 Å². The molecule has 2 rings (SSSR count). The molecular weight excluding hydrogens is 212 g/mol. The van der Waals surface area contributed by atoms with E-state index in [0.717, 1.165) is 5.52 Å². The van der Waals surface area contributed by atoms with E-state index in [1.807, 2.05) is 0 Å². The van der Waals surface area contributed by atoms with Gasteiger partial charge < -0.3 is 0 Å². The Kier molecular flexibility index (Phi) is 2.74. The van der Waals surface area contributed by atoms with Gasteiger partial charge in [0.15, 0.2) is 0 Å². The van der Waals surface area contributed by atoms with Crippen LogP contribution in [0, 0.1) is 0 Å². The number of hydrogen-bond acceptors (Lipinski definition) is 4. The Labute approximate surface area is 91.9 Å². The van der Waals surface area contributed by atoms with E-state index in [1.54, 1.807) is 11.8 Å². The summed E-state index contributed by atoms with van der Waals surface area (Å²) in [6, 6.07) is 4.34. The molecule has 0 bridgehead atoms. The highest BCUT2D eigenvalue weighted by Gasteiger charge is 2.11. The molecule has 1 aromatic carbocycles. The van der Waals surface area contributed by atoms with Crippen LogP contribution >= 0.6 is 23.3 Å². The topological polar surface area (TPSA) is 25.8 Å². The number of hydrogen-bond donors (Lipinski definition) is 0. The van der Waals surface area contributed by atoms with Crippen molar-refractivity contribution in [1.29, 1.82) is 0 Å². The first kappa shape index (κ1) is 9.93. The fourth-order valence-electron chi connectivity index (χ4n) is 1.49. The summed E-state index contributed by atoms with van der Waals surface area (Å²) in [4.78, 5) is 1.28. The second-order valence-corrected chi connectivity index (χ2v) is 5.06. The van der Waals surface area contributed by atoms with Crippen LogP contribution in [0.1, 0.15) is 25.3 Å². The van der Waals surface area contributed by atoms with E-state index in [-0.39, 0.29) is 0 Å². The average molecular weight is 224 g/mol. The van der Waals surface area contributed by atoms with Crippen molar-refractivity contribution in [2.24, 2.45) is 0 Å². The van der Waals surface area contributed by atoms with Crippen LogP contribution in [-0.2, 0) is 0 Å². The van der Waals surface area contributed by atoms with Gasteiger partial charge >= 0.3 is 0 Å². The maximum atomic E-state index is 4.20. The summed E-state index contributed by atoms with van der Waals surface area (Å²) in [7, 11) is 0. The van der Waals surface area contributed by atoms with Gasteiger partial charge in [-0.25, -0.2) is 0 Å². The first-order valence-corrected chi connectivity index (χ1v) is 6.52. The Morgan fingerprint density at radius 1 is 1.36 bits per heavy atom. The Hall–Kier alpha value is -0.610. The van der Waals surface area contributed by atoms with Crippen LogP contribution in [0.15, 0.2) is 17.0 Å². The monoisotopic (exact) mass is 224 g/mol. The van der Waals surface area contributed by atoms with E-state index in [9.17, 15) is 0 Å². The molecule has 0 radical (unpaired) electrons. The molecule has 0 amide bonds. The van der Waals surface area contributed by atoms with Crippen LogP contribution in [-0.4, -0.2) is 15.8 Å². The summed E-state index contributed by atoms with van der Waals surface area (Å²) in [5.74, 6) is 0.511. The molecular formula is C10H12N2S2. The van der Waals surface area contributed by atoms with Gasteiger partial charge in [-0.1, -0.05) is 24.4 Å². The quantitative estimate of drug-likeness (QED) is 0.730. The Balaban J connectivity index is 2.72.